The number of urea groups is 1. The molecule has 3 aliphatic rings. The maximum absolute atomic E-state index is 14.2. The number of carbonyl (C=O) groups excluding carboxylic acids is 2. The van der Waals surface area contributed by atoms with Crippen LogP contribution in [-0.2, 0) is 20.0 Å². The Morgan fingerprint density at radius 2 is 2.00 bits per heavy atom. The van der Waals surface area contributed by atoms with Crippen molar-refractivity contribution in [2.24, 2.45) is 5.92 Å². The molecule has 0 spiro atoms. The van der Waals surface area contributed by atoms with E-state index in [-0.39, 0.29) is 36.3 Å². The van der Waals surface area contributed by atoms with E-state index in [0.717, 1.165) is 37.7 Å². The van der Waals surface area contributed by atoms with Crippen molar-refractivity contribution in [1.82, 2.24) is 10.2 Å². The number of ether oxygens (including phenoxy) is 1. The maximum atomic E-state index is 14.2. The van der Waals surface area contributed by atoms with Crippen LogP contribution in [0.4, 0.5) is 9.18 Å². The van der Waals surface area contributed by atoms with Crippen molar-refractivity contribution in [2.45, 2.75) is 43.9 Å². The molecule has 2 saturated carbocycles. The monoisotopic (exact) mass is 464 g/mol. The number of halogens is 1. The third-order valence-corrected chi connectivity index (χ3v) is 8.33. The predicted octanol–water partition coefficient (Wildman–Crippen LogP) is 2.95. The molecule has 9 heteroatoms. The third-order valence-electron chi connectivity index (χ3n) is 6.48. The Kier molecular flexibility index (Phi) is 6.55. The SMILES string of the molecule is O=C1CN(C/C=C/CCS(=O)(=O)CC2(c3ccc(F)c(OCC4CC4)c3)CCC2)C(=O)N1. The number of allylic oxidation sites excluding steroid dienone is 1. The first kappa shape index (κ1) is 22.8. The summed E-state index contributed by atoms with van der Waals surface area (Å²) in [6.45, 7) is 0.792. The Labute approximate surface area is 187 Å². The van der Waals surface area contributed by atoms with E-state index in [0.29, 0.717) is 18.9 Å². The van der Waals surface area contributed by atoms with Crippen molar-refractivity contribution in [3.8, 4) is 5.75 Å². The van der Waals surface area contributed by atoms with Crippen molar-refractivity contribution in [3.05, 3.63) is 41.7 Å². The topological polar surface area (TPSA) is 92.8 Å². The lowest BCUT2D eigenvalue weighted by molar-refractivity contribution is -0.118. The highest BCUT2D eigenvalue weighted by molar-refractivity contribution is 7.91. The molecule has 0 aromatic heterocycles. The molecule has 2 aliphatic carbocycles. The molecular formula is C23H29FN2O5S. The molecule has 1 saturated heterocycles. The average Bonchev–Trinajstić information content (AvgIpc) is 3.48. The van der Waals surface area contributed by atoms with Crippen LogP contribution in [0.3, 0.4) is 0 Å². The first-order valence-electron chi connectivity index (χ1n) is 11.1. The van der Waals surface area contributed by atoms with Gasteiger partial charge in [0.2, 0.25) is 5.91 Å². The zero-order valence-corrected chi connectivity index (χ0v) is 18.8. The summed E-state index contributed by atoms with van der Waals surface area (Å²) in [5, 5.41) is 2.20. The fraction of sp³-hybridized carbons (Fsp3) is 0.565. The molecule has 0 unspecified atom stereocenters. The first-order valence-corrected chi connectivity index (χ1v) is 13.0. The van der Waals surface area contributed by atoms with Gasteiger partial charge in [0, 0.05) is 12.0 Å². The Morgan fingerprint density at radius 1 is 1.22 bits per heavy atom. The highest BCUT2D eigenvalue weighted by Crippen LogP contribution is 2.46. The molecule has 174 valence electrons. The van der Waals surface area contributed by atoms with Crippen molar-refractivity contribution >= 4 is 21.8 Å². The predicted molar refractivity (Wildman–Crippen MR) is 118 cm³/mol. The standard InChI is InChI=1S/C23H29FN2O5S/c24-19-8-7-18(13-20(19)31-15-17-5-6-17)23(9-4-10-23)16-32(29,30)12-3-1-2-11-26-14-21(27)25-22(26)28/h1-2,7-8,13,17H,3-6,9-12,14-16H2,(H,25,27,28)/b2-1+. The lowest BCUT2D eigenvalue weighted by Gasteiger charge is -2.42. The molecule has 4 rings (SSSR count). The number of nitrogens with one attached hydrogen (secondary N) is 1. The summed E-state index contributed by atoms with van der Waals surface area (Å²) in [6.07, 6.45) is 8.45. The van der Waals surface area contributed by atoms with Crippen LogP contribution < -0.4 is 10.1 Å². The highest BCUT2D eigenvalue weighted by atomic mass is 32.2. The van der Waals surface area contributed by atoms with E-state index in [4.69, 9.17) is 4.74 Å². The van der Waals surface area contributed by atoms with Crippen LogP contribution in [0.25, 0.3) is 0 Å². The molecule has 0 radical (unpaired) electrons. The number of hydrogen-bond acceptors (Lipinski definition) is 5. The van der Waals surface area contributed by atoms with E-state index in [1.165, 1.54) is 11.0 Å². The van der Waals surface area contributed by atoms with Gasteiger partial charge in [-0.05, 0) is 55.7 Å². The fourth-order valence-corrected chi connectivity index (χ4v) is 6.18. The van der Waals surface area contributed by atoms with Crippen LogP contribution in [0.5, 0.6) is 5.75 Å². The quantitative estimate of drug-likeness (QED) is 0.402. The van der Waals surface area contributed by atoms with Crippen LogP contribution >= 0.6 is 0 Å². The molecular weight excluding hydrogens is 435 g/mol. The number of imide groups is 1. The molecule has 1 aromatic rings. The molecule has 32 heavy (non-hydrogen) atoms. The van der Waals surface area contributed by atoms with Gasteiger partial charge in [-0.1, -0.05) is 24.6 Å². The zero-order valence-electron chi connectivity index (χ0n) is 18.0. The van der Waals surface area contributed by atoms with E-state index in [2.05, 4.69) is 5.32 Å². The van der Waals surface area contributed by atoms with Crippen LogP contribution in [0, 0.1) is 11.7 Å². The molecule has 7 nitrogen and oxygen atoms in total. The van der Waals surface area contributed by atoms with Crippen LogP contribution in [0.1, 0.15) is 44.1 Å². The summed E-state index contributed by atoms with van der Waals surface area (Å²) in [7, 11) is -3.34. The largest absolute Gasteiger partial charge is 0.490 e. The van der Waals surface area contributed by atoms with E-state index >= 15 is 0 Å². The van der Waals surface area contributed by atoms with Crippen molar-refractivity contribution in [1.29, 1.82) is 0 Å². The molecule has 1 N–H and O–H groups in total. The Bertz CT molecular complexity index is 1020. The minimum absolute atomic E-state index is 0.00259. The maximum Gasteiger partial charge on any atom is 0.324 e. The number of carbonyl (C=O) groups is 2. The Morgan fingerprint density at radius 3 is 2.62 bits per heavy atom. The smallest absolute Gasteiger partial charge is 0.324 e. The number of rotatable bonds is 11. The lowest BCUT2D eigenvalue weighted by atomic mass is 9.66. The van der Waals surface area contributed by atoms with Gasteiger partial charge in [-0.25, -0.2) is 17.6 Å². The summed E-state index contributed by atoms with van der Waals surface area (Å²) < 4.78 is 45.5. The van der Waals surface area contributed by atoms with Gasteiger partial charge < -0.3 is 9.64 Å². The molecule has 0 bridgehead atoms. The van der Waals surface area contributed by atoms with E-state index in [1.54, 1.807) is 24.3 Å². The number of hydrogen-bond donors (Lipinski definition) is 1. The van der Waals surface area contributed by atoms with Gasteiger partial charge in [0.15, 0.2) is 21.4 Å². The normalized spacial score (nSPS) is 20.5. The van der Waals surface area contributed by atoms with Crippen LogP contribution in [-0.4, -0.2) is 56.5 Å². The number of nitrogens with zero attached hydrogens (tertiary/aromatic N) is 1. The van der Waals surface area contributed by atoms with Crippen LogP contribution in [0.15, 0.2) is 30.4 Å². The summed E-state index contributed by atoms with van der Waals surface area (Å²) in [6, 6.07) is 4.33. The van der Waals surface area contributed by atoms with E-state index in [1.807, 2.05) is 0 Å². The summed E-state index contributed by atoms with van der Waals surface area (Å²) in [5.41, 5.74) is 0.349. The minimum atomic E-state index is -3.34. The van der Waals surface area contributed by atoms with E-state index in [9.17, 15) is 22.4 Å². The van der Waals surface area contributed by atoms with Gasteiger partial charge in [0.1, 0.15) is 6.54 Å². The second-order valence-electron chi connectivity index (χ2n) is 9.12. The summed E-state index contributed by atoms with van der Waals surface area (Å²) >= 11 is 0. The second kappa shape index (κ2) is 9.21. The zero-order chi connectivity index (χ0) is 22.8. The number of benzene rings is 1. The molecule has 1 aliphatic heterocycles. The Hall–Kier alpha value is -2.42. The molecule has 3 fully saturated rings. The molecule has 0 atom stereocenters. The molecule has 3 amide bonds. The molecule has 1 heterocycles. The second-order valence-corrected chi connectivity index (χ2v) is 11.3. The average molecular weight is 465 g/mol. The van der Waals surface area contributed by atoms with Crippen molar-refractivity contribution in [2.75, 3.05) is 31.2 Å². The summed E-state index contributed by atoms with van der Waals surface area (Å²) in [4.78, 5) is 24.0. The van der Waals surface area contributed by atoms with Gasteiger partial charge in [0.05, 0.1) is 18.1 Å². The number of amides is 3. The van der Waals surface area contributed by atoms with Crippen molar-refractivity contribution in [3.63, 3.8) is 0 Å². The Balaban J connectivity index is 1.33. The first-order chi connectivity index (χ1) is 15.3. The van der Waals surface area contributed by atoms with Gasteiger partial charge in [0.25, 0.3) is 0 Å². The third kappa shape index (κ3) is 5.49. The van der Waals surface area contributed by atoms with Gasteiger partial charge >= 0.3 is 6.03 Å². The highest BCUT2D eigenvalue weighted by Gasteiger charge is 2.42. The van der Waals surface area contributed by atoms with Gasteiger partial charge in [-0.2, -0.15) is 0 Å². The minimum Gasteiger partial charge on any atom is -0.490 e. The molecule has 1 aromatic carbocycles. The lowest BCUT2D eigenvalue weighted by Crippen LogP contribution is -2.41. The van der Waals surface area contributed by atoms with Crippen molar-refractivity contribution < 1.29 is 27.1 Å². The fourth-order valence-electron chi connectivity index (χ4n) is 4.25. The van der Waals surface area contributed by atoms with Gasteiger partial charge in [-0.15, -0.1) is 0 Å². The van der Waals surface area contributed by atoms with E-state index < -0.39 is 27.1 Å². The van der Waals surface area contributed by atoms with Crippen LogP contribution in [0.2, 0.25) is 0 Å². The summed E-state index contributed by atoms with van der Waals surface area (Å²) in [5.74, 6) is 0.00605. The number of sulfone groups is 1. The van der Waals surface area contributed by atoms with Gasteiger partial charge in [-0.3, -0.25) is 10.1 Å².